The summed E-state index contributed by atoms with van der Waals surface area (Å²) in [7, 11) is 0. The molecule has 0 aromatic heterocycles. The second-order valence-electron chi connectivity index (χ2n) is 8.35. The normalized spacial score (nSPS) is 21.7. The number of ether oxygens (including phenoxy) is 1. The maximum Gasteiger partial charge on any atom is 0.410 e. The van der Waals surface area contributed by atoms with Crippen molar-refractivity contribution in [3.63, 3.8) is 0 Å². The van der Waals surface area contributed by atoms with E-state index in [4.69, 9.17) is 21.9 Å². The van der Waals surface area contributed by atoms with Crippen LogP contribution in [0.2, 0.25) is 0 Å². The molecule has 0 aliphatic carbocycles. The van der Waals surface area contributed by atoms with Gasteiger partial charge in [-0.3, -0.25) is 19.5 Å². The molecule has 2 rings (SSSR count). The van der Waals surface area contributed by atoms with Gasteiger partial charge in [-0.1, -0.05) is 0 Å². The van der Waals surface area contributed by atoms with Crippen molar-refractivity contribution in [2.45, 2.75) is 45.3 Å². The summed E-state index contributed by atoms with van der Waals surface area (Å²) in [6.45, 7) is 6.63. The summed E-state index contributed by atoms with van der Waals surface area (Å²) in [4.78, 5) is 57.0. The number of urea groups is 1. The van der Waals surface area contributed by atoms with E-state index < -0.39 is 41.5 Å². The smallest absolute Gasteiger partial charge is 0.410 e. The number of imide groups is 1. The van der Waals surface area contributed by atoms with Crippen molar-refractivity contribution in [3.05, 3.63) is 0 Å². The Morgan fingerprint density at radius 1 is 1.07 bits per heavy atom. The van der Waals surface area contributed by atoms with Crippen LogP contribution in [-0.4, -0.2) is 89.0 Å². The zero-order chi connectivity index (χ0) is 22.6. The van der Waals surface area contributed by atoms with Crippen LogP contribution >= 0.6 is 0 Å². The standard InChI is InChI=1S/C18H31N7O5/c1-18(2,3)30-17(29)24-9-7-23(8-10-24)16(28)25-12(13(19)26)11(14(25)27)5-4-6-22-15(20)21/h11-12H,4-10H2,1-3H3,(H2,19,26)(H4,20,21,22)/t11-,12+/m1/s1. The van der Waals surface area contributed by atoms with Crippen LogP contribution in [0.5, 0.6) is 0 Å². The highest BCUT2D eigenvalue weighted by molar-refractivity contribution is 6.08. The number of carbonyl (C=O) groups is 4. The van der Waals surface area contributed by atoms with Crippen LogP contribution in [0.15, 0.2) is 4.99 Å². The van der Waals surface area contributed by atoms with E-state index in [1.165, 1.54) is 9.80 Å². The number of hydrogen-bond acceptors (Lipinski definition) is 6. The first-order chi connectivity index (χ1) is 13.9. The predicted octanol–water partition coefficient (Wildman–Crippen LogP) is -0.975. The molecule has 0 aromatic rings. The number of rotatable bonds is 5. The highest BCUT2D eigenvalue weighted by Gasteiger charge is 2.54. The average molecular weight is 425 g/mol. The Bertz CT molecular complexity index is 721. The van der Waals surface area contributed by atoms with Crippen molar-refractivity contribution in [2.75, 3.05) is 32.7 Å². The fraction of sp³-hybridized carbons (Fsp3) is 0.722. The average Bonchev–Trinajstić information content (AvgIpc) is 2.63. The lowest BCUT2D eigenvalue weighted by atomic mass is 9.83. The van der Waals surface area contributed by atoms with Gasteiger partial charge in [0.25, 0.3) is 0 Å². The van der Waals surface area contributed by atoms with Crippen LogP contribution in [0.1, 0.15) is 33.6 Å². The molecule has 30 heavy (non-hydrogen) atoms. The molecular formula is C18H31N7O5. The number of amides is 5. The van der Waals surface area contributed by atoms with Gasteiger partial charge in [0, 0.05) is 32.7 Å². The molecule has 0 saturated carbocycles. The summed E-state index contributed by atoms with van der Waals surface area (Å²) < 4.78 is 5.33. The van der Waals surface area contributed by atoms with Crippen LogP contribution in [0.25, 0.3) is 0 Å². The van der Waals surface area contributed by atoms with Crippen LogP contribution in [0, 0.1) is 5.92 Å². The maximum absolute atomic E-state index is 12.8. The lowest BCUT2D eigenvalue weighted by Crippen LogP contribution is -2.70. The molecule has 2 aliphatic rings. The predicted molar refractivity (Wildman–Crippen MR) is 108 cm³/mol. The Kier molecular flexibility index (Phi) is 7.11. The maximum atomic E-state index is 12.8. The highest BCUT2D eigenvalue weighted by atomic mass is 16.6. The molecule has 0 unspecified atom stereocenters. The SMILES string of the molecule is CC(C)(C)OC(=O)N1CCN(C(=O)N2C(=O)[C@H](CCCN=C(N)N)[C@H]2C(N)=O)CC1. The Labute approximate surface area is 175 Å². The molecule has 2 saturated heterocycles. The fourth-order valence-corrected chi connectivity index (χ4v) is 3.45. The molecule has 2 fully saturated rings. The third-order valence-corrected chi connectivity index (χ3v) is 4.88. The number of nitrogens with zero attached hydrogens (tertiary/aromatic N) is 4. The fourth-order valence-electron chi connectivity index (χ4n) is 3.45. The lowest BCUT2D eigenvalue weighted by Gasteiger charge is -2.46. The van der Waals surface area contributed by atoms with E-state index in [0.29, 0.717) is 19.4 Å². The van der Waals surface area contributed by atoms with E-state index in [1.807, 2.05) is 0 Å². The van der Waals surface area contributed by atoms with Gasteiger partial charge < -0.3 is 31.7 Å². The van der Waals surface area contributed by atoms with E-state index in [-0.39, 0.29) is 32.1 Å². The Hall–Kier alpha value is -3.05. The van der Waals surface area contributed by atoms with Crippen LogP contribution in [0.3, 0.4) is 0 Å². The van der Waals surface area contributed by atoms with Crippen molar-refractivity contribution in [1.29, 1.82) is 0 Å². The van der Waals surface area contributed by atoms with Crippen LogP contribution < -0.4 is 17.2 Å². The number of piperazine rings is 1. The number of nitrogens with two attached hydrogens (primary N) is 3. The minimum Gasteiger partial charge on any atom is -0.444 e. The van der Waals surface area contributed by atoms with Crippen LogP contribution in [0.4, 0.5) is 9.59 Å². The molecule has 12 heteroatoms. The number of carbonyl (C=O) groups excluding carboxylic acids is 4. The zero-order valence-corrected chi connectivity index (χ0v) is 17.7. The van der Waals surface area contributed by atoms with E-state index in [9.17, 15) is 19.2 Å². The Balaban J connectivity index is 1.92. The summed E-state index contributed by atoms with van der Waals surface area (Å²) in [5.74, 6) is -1.89. The summed E-state index contributed by atoms with van der Waals surface area (Å²) in [5, 5.41) is 0. The summed E-state index contributed by atoms with van der Waals surface area (Å²) >= 11 is 0. The van der Waals surface area contributed by atoms with Crippen molar-refractivity contribution in [1.82, 2.24) is 14.7 Å². The number of β-lactam (4-membered cyclic amide) rings is 1. The van der Waals surface area contributed by atoms with Gasteiger partial charge in [0.15, 0.2) is 5.96 Å². The minimum absolute atomic E-state index is 0.0521. The lowest BCUT2D eigenvalue weighted by molar-refractivity contribution is -0.157. The molecule has 0 spiro atoms. The monoisotopic (exact) mass is 425 g/mol. The second-order valence-corrected chi connectivity index (χ2v) is 8.35. The van der Waals surface area contributed by atoms with Gasteiger partial charge in [0.1, 0.15) is 11.6 Å². The molecule has 2 aliphatic heterocycles. The molecule has 6 N–H and O–H groups in total. The molecule has 0 radical (unpaired) electrons. The summed E-state index contributed by atoms with van der Waals surface area (Å²) in [6, 6.07) is -1.57. The summed E-state index contributed by atoms with van der Waals surface area (Å²) in [5.41, 5.74) is 15.3. The van der Waals surface area contributed by atoms with Gasteiger partial charge in [0.2, 0.25) is 11.8 Å². The molecule has 2 atom stereocenters. The molecule has 12 nitrogen and oxygen atoms in total. The number of aliphatic imine (C=N–C) groups is 1. The molecule has 168 valence electrons. The molecule has 2 heterocycles. The molecular weight excluding hydrogens is 394 g/mol. The Morgan fingerprint density at radius 2 is 1.63 bits per heavy atom. The van der Waals surface area contributed by atoms with Gasteiger partial charge in [0.05, 0.1) is 5.92 Å². The largest absolute Gasteiger partial charge is 0.444 e. The minimum atomic E-state index is -0.993. The number of likely N-dealkylation sites (tertiary alicyclic amines) is 1. The van der Waals surface area contributed by atoms with Crippen molar-refractivity contribution in [2.24, 2.45) is 28.1 Å². The van der Waals surface area contributed by atoms with E-state index in [2.05, 4.69) is 4.99 Å². The van der Waals surface area contributed by atoms with E-state index in [0.717, 1.165) is 4.90 Å². The van der Waals surface area contributed by atoms with E-state index in [1.54, 1.807) is 20.8 Å². The molecule has 0 aromatic carbocycles. The molecule has 0 bridgehead atoms. The van der Waals surface area contributed by atoms with Crippen molar-refractivity contribution >= 4 is 29.9 Å². The zero-order valence-electron chi connectivity index (χ0n) is 17.7. The molecule has 5 amide bonds. The second kappa shape index (κ2) is 9.18. The van der Waals surface area contributed by atoms with Crippen molar-refractivity contribution < 1.29 is 23.9 Å². The van der Waals surface area contributed by atoms with Gasteiger partial charge in [-0.05, 0) is 33.6 Å². The van der Waals surface area contributed by atoms with E-state index >= 15 is 0 Å². The number of hydrogen-bond donors (Lipinski definition) is 3. The first-order valence-electron chi connectivity index (χ1n) is 9.87. The third kappa shape index (κ3) is 5.51. The third-order valence-electron chi connectivity index (χ3n) is 4.88. The van der Waals surface area contributed by atoms with Gasteiger partial charge in [-0.25, -0.2) is 9.59 Å². The first kappa shape index (κ1) is 23.2. The van der Waals surface area contributed by atoms with Gasteiger partial charge in [-0.15, -0.1) is 0 Å². The van der Waals surface area contributed by atoms with Gasteiger partial charge >= 0.3 is 12.1 Å². The van der Waals surface area contributed by atoms with Gasteiger partial charge in [-0.2, -0.15) is 0 Å². The van der Waals surface area contributed by atoms with Crippen LogP contribution in [-0.2, 0) is 14.3 Å². The topological polar surface area (TPSA) is 178 Å². The number of guanidine groups is 1. The van der Waals surface area contributed by atoms with Crippen molar-refractivity contribution in [3.8, 4) is 0 Å². The quantitative estimate of drug-likeness (QED) is 0.219. The summed E-state index contributed by atoms with van der Waals surface area (Å²) in [6.07, 6.45) is 0.374. The number of primary amides is 1. The first-order valence-corrected chi connectivity index (χ1v) is 9.87. The highest BCUT2D eigenvalue weighted by Crippen LogP contribution is 2.32. The Morgan fingerprint density at radius 3 is 2.13 bits per heavy atom.